The van der Waals surface area contributed by atoms with E-state index in [1.165, 1.54) is 38.4 Å². The van der Waals surface area contributed by atoms with Gasteiger partial charge in [0.15, 0.2) is 5.54 Å². The molecule has 1 heterocycles. The van der Waals surface area contributed by atoms with Gasteiger partial charge in [0.1, 0.15) is 0 Å². The largest absolute Gasteiger partial charge is 0.467 e. The Hall–Kier alpha value is -1.59. The summed E-state index contributed by atoms with van der Waals surface area (Å²) >= 11 is 6.14. The molecule has 0 bridgehead atoms. The van der Waals surface area contributed by atoms with Crippen molar-refractivity contribution in [1.82, 2.24) is 9.80 Å². The van der Waals surface area contributed by atoms with Crippen LogP contribution >= 0.6 is 11.6 Å². The number of esters is 1. The SMILES string of the molecule is CCCN1C=NC(C(=O)OC)(C(C)CC)C1CC1CCC(C(c2ccc(Cl)cc2)N(C)C)CC1. The minimum Gasteiger partial charge on any atom is -0.467 e. The molecule has 190 valence electrons. The number of hydrogen-bond donors (Lipinski definition) is 0. The summed E-state index contributed by atoms with van der Waals surface area (Å²) in [4.78, 5) is 22.7. The molecular formula is C28H44ClN3O2. The van der Waals surface area contributed by atoms with E-state index in [4.69, 9.17) is 21.3 Å². The fraction of sp³-hybridized carbons (Fsp3) is 0.714. The number of methoxy groups -OCH3 is 1. The predicted molar refractivity (Wildman–Crippen MR) is 141 cm³/mol. The van der Waals surface area contributed by atoms with Crippen LogP contribution in [0.2, 0.25) is 5.02 Å². The first-order valence-corrected chi connectivity index (χ1v) is 13.5. The van der Waals surface area contributed by atoms with Gasteiger partial charge in [0, 0.05) is 17.6 Å². The van der Waals surface area contributed by atoms with Crippen LogP contribution in [0.15, 0.2) is 29.3 Å². The fourth-order valence-electron chi connectivity index (χ4n) is 6.40. The quantitative estimate of drug-likeness (QED) is 0.366. The summed E-state index contributed by atoms with van der Waals surface area (Å²) in [5.74, 6) is 1.19. The summed E-state index contributed by atoms with van der Waals surface area (Å²) in [6, 6.07) is 8.84. The Kier molecular flexibility index (Phi) is 9.45. The molecule has 2 aliphatic rings. The second kappa shape index (κ2) is 11.9. The monoisotopic (exact) mass is 489 g/mol. The van der Waals surface area contributed by atoms with Gasteiger partial charge in [0.25, 0.3) is 0 Å². The Morgan fingerprint density at radius 3 is 2.38 bits per heavy atom. The number of hydrogen-bond acceptors (Lipinski definition) is 5. The molecule has 1 aromatic rings. The number of carbonyl (C=O) groups is 1. The van der Waals surface area contributed by atoms with Gasteiger partial charge in [0.05, 0.1) is 19.5 Å². The van der Waals surface area contributed by atoms with E-state index in [2.05, 4.69) is 56.8 Å². The lowest BCUT2D eigenvalue weighted by atomic mass is 9.70. The molecule has 0 saturated heterocycles. The number of halogens is 1. The fourth-order valence-corrected chi connectivity index (χ4v) is 6.53. The molecule has 1 aromatic carbocycles. The molecule has 4 atom stereocenters. The molecule has 0 spiro atoms. The molecule has 1 aliphatic heterocycles. The highest BCUT2D eigenvalue weighted by Gasteiger charge is 2.55. The minimum atomic E-state index is -0.787. The van der Waals surface area contributed by atoms with E-state index in [-0.39, 0.29) is 17.9 Å². The number of nitrogens with zero attached hydrogens (tertiary/aromatic N) is 3. The first kappa shape index (κ1) is 27.0. The molecule has 1 fully saturated rings. The van der Waals surface area contributed by atoms with E-state index in [9.17, 15) is 4.79 Å². The van der Waals surface area contributed by atoms with Crippen molar-refractivity contribution in [1.29, 1.82) is 0 Å². The van der Waals surface area contributed by atoms with Crippen LogP contribution in [-0.2, 0) is 9.53 Å². The number of ether oxygens (including phenoxy) is 1. The van der Waals surface area contributed by atoms with Gasteiger partial charge in [-0.05, 0) is 75.2 Å². The van der Waals surface area contributed by atoms with Gasteiger partial charge < -0.3 is 14.5 Å². The highest BCUT2D eigenvalue weighted by molar-refractivity contribution is 6.30. The van der Waals surface area contributed by atoms with Crippen molar-refractivity contribution in [3.63, 3.8) is 0 Å². The summed E-state index contributed by atoms with van der Waals surface area (Å²) < 4.78 is 5.34. The molecule has 0 aromatic heterocycles. The van der Waals surface area contributed by atoms with Crippen LogP contribution in [0.1, 0.15) is 77.3 Å². The van der Waals surface area contributed by atoms with Crippen LogP contribution in [0.4, 0.5) is 0 Å². The smallest absolute Gasteiger partial charge is 0.336 e. The zero-order chi connectivity index (χ0) is 24.9. The van der Waals surface area contributed by atoms with Gasteiger partial charge in [-0.15, -0.1) is 0 Å². The van der Waals surface area contributed by atoms with Crippen LogP contribution in [0.3, 0.4) is 0 Å². The highest BCUT2D eigenvalue weighted by atomic mass is 35.5. The molecule has 4 unspecified atom stereocenters. The summed E-state index contributed by atoms with van der Waals surface area (Å²) in [6.45, 7) is 7.42. The molecule has 0 radical (unpaired) electrons. The molecule has 1 saturated carbocycles. The van der Waals surface area contributed by atoms with Crippen molar-refractivity contribution < 1.29 is 9.53 Å². The Morgan fingerprint density at radius 2 is 1.85 bits per heavy atom. The number of benzene rings is 1. The predicted octanol–water partition coefficient (Wildman–Crippen LogP) is 6.22. The Morgan fingerprint density at radius 1 is 1.21 bits per heavy atom. The lowest BCUT2D eigenvalue weighted by molar-refractivity contribution is -0.151. The van der Waals surface area contributed by atoms with Crippen LogP contribution < -0.4 is 0 Å². The summed E-state index contributed by atoms with van der Waals surface area (Å²) in [6.07, 6.45) is 9.66. The zero-order valence-electron chi connectivity index (χ0n) is 22.0. The number of carbonyl (C=O) groups excluding carboxylic acids is 1. The Labute approximate surface area is 211 Å². The normalized spacial score (nSPS) is 28.8. The van der Waals surface area contributed by atoms with Crippen LogP contribution in [0.5, 0.6) is 0 Å². The van der Waals surface area contributed by atoms with Gasteiger partial charge in [0.2, 0.25) is 0 Å². The van der Waals surface area contributed by atoms with Gasteiger partial charge in [-0.25, -0.2) is 4.79 Å². The maximum Gasteiger partial charge on any atom is 0.336 e. The van der Waals surface area contributed by atoms with Crippen LogP contribution in [-0.4, -0.2) is 61.4 Å². The van der Waals surface area contributed by atoms with E-state index in [1.807, 2.05) is 18.5 Å². The molecule has 3 rings (SSSR count). The third kappa shape index (κ3) is 5.46. The molecule has 0 amide bonds. The van der Waals surface area contributed by atoms with E-state index < -0.39 is 5.54 Å². The Bertz CT molecular complexity index is 819. The first-order chi connectivity index (χ1) is 16.3. The molecular weight excluding hydrogens is 446 g/mol. The van der Waals surface area contributed by atoms with Crippen LogP contribution in [0.25, 0.3) is 0 Å². The van der Waals surface area contributed by atoms with Gasteiger partial charge in [-0.1, -0.05) is 63.8 Å². The van der Waals surface area contributed by atoms with E-state index in [1.54, 1.807) is 0 Å². The van der Waals surface area contributed by atoms with Crippen molar-refractivity contribution in [2.24, 2.45) is 22.7 Å². The Balaban J connectivity index is 1.74. The highest BCUT2D eigenvalue weighted by Crippen LogP contribution is 2.45. The molecule has 1 aliphatic carbocycles. The second-order valence-corrected chi connectivity index (χ2v) is 11.0. The minimum absolute atomic E-state index is 0.0808. The lowest BCUT2D eigenvalue weighted by Crippen LogP contribution is -2.56. The van der Waals surface area contributed by atoms with E-state index in [0.29, 0.717) is 17.9 Å². The molecule has 0 N–H and O–H groups in total. The van der Waals surface area contributed by atoms with E-state index in [0.717, 1.165) is 30.8 Å². The molecule has 5 nitrogen and oxygen atoms in total. The van der Waals surface area contributed by atoms with Crippen molar-refractivity contribution in [2.75, 3.05) is 27.7 Å². The van der Waals surface area contributed by atoms with Gasteiger partial charge in [-0.3, -0.25) is 4.99 Å². The van der Waals surface area contributed by atoms with Crippen molar-refractivity contribution >= 4 is 23.9 Å². The van der Waals surface area contributed by atoms with Crippen LogP contribution in [0, 0.1) is 17.8 Å². The average Bonchev–Trinajstić information content (AvgIpc) is 3.19. The second-order valence-electron chi connectivity index (χ2n) is 10.6. The van der Waals surface area contributed by atoms with Crippen molar-refractivity contribution in [2.45, 2.75) is 83.3 Å². The summed E-state index contributed by atoms with van der Waals surface area (Å²) in [5, 5.41) is 0.788. The number of aliphatic imine (C=N–C) groups is 1. The zero-order valence-corrected chi connectivity index (χ0v) is 22.7. The van der Waals surface area contributed by atoms with Crippen molar-refractivity contribution in [3.05, 3.63) is 34.9 Å². The number of rotatable bonds is 10. The molecule has 34 heavy (non-hydrogen) atoms. The molecule has 6 heteroatoms. The summed E-state index contributed by atoms with van der Waals surface area (Å²) in [5.41, 5.74) is 0.558. The third-order valence-electron chi connectivity index (χ3n) is 8.35. The van der Waals surface area contributed by atoms with Gasteiger partial charge in [-0.2, -0.15) is 0 Å². The summed E-state index contributed by atoms with van der Waals surface area (Å²) in [7, 11) is 5.87. The van der Waals surface area contributed by atoms with E-state index >= 15 is 0 Å². The average molecular weight is 490 g/mol. The maximum atomic E-state index is 13.2. The van der Waals surface area contributed by atoms with Crippen molar-refractivity contribution in [3.8, 4) is 0 Å². The maximum absolute atomic E-state index is 13.2. The van der Waals surface area contributed by atoms with Gasteiger partial charge >= 0.3 is 5.97 Å². The first-order valence-electron chi connectivity index (χ1n) is 13.1. The standard InChI is InChI=1S/C28H44ClN3O2/c1-7-17-32-19-30-28(20(3)8-2,27(33)34-6)25(32)18-21-9-11-22(12-10-21)26(31(4)5)23-13-15-24(29)16-14-23/h13-16,19-22,25-26H,7-12,17-18H2,1-6H3. The lowest BCUT2D eigenvalue weighted by Gasteiger charge is -2.42. The topological polar surface area (TPSA) is 45.1 Å². The third-order valence-corrected chi connectivity index (χ3v) is 8.60.